The van der Waals surface area contributed by atoms with Crippen molar-refractivity contribution in [2.24, 2.45) is 0 Å². The fourth-order valence-electron chi connectivity index (χ4n) is 1.93. The molecule has 0 unspecified atom stereocenters. The van der Waals surface area contributed by atoms with Gasteiger partial charge in [-0.1, -0.05) is 30.3 Å². The Bertz CT molecular complexity index is 699. The zero-order valence-corrected chi connectivity index (χ0v) is 12.2. The third-order valence-electron chi connectivity index (χ3n) is 3.12. The number of aromatic hydroxyl groups is 1. The van der Waals surface area contributed by atoms with Gasteiger partial charge in [0.1, 0.15) is 11.5 Å². The summed E-state index contributed by atoms with van der Waals surface area (Å²) in [5.74, 6) is -0.0933. The third kappa shape index (κ3) is 4.06. The first-order chi connectivity index (χ1) is 10.6. The molecule has 22 heavy (non-hydrogen) atoms. The Morgan fingerprint density at radius 3 is 2.41 bits per heavy atom. The van der Waals surface area contributed by atoms with Gasteiger partial charge in [0, 0.05) is 0 Å². The van der Waals surface area contributed by atoms with Gasteiger partial charge in [0.05, 0.1) is 19.1 Å². The molecular formula is C18H16O4. The molecule has 1 N–H and O–H groups in total. The molecule has 0 radical (unpaired) electrons. The van der Waals surface area contributed by atoms with Crippen molar-refractivity contribution in [3.8, 4) is 11.5 Å². The average Bonchev–Trinajstić information content (AvgIpc) is 2.53. The van der Waals surface area contributed by atoms with Gasteiger partial charge in [-0.25, -0.2) is 0 Å². The minimum atomic E-state index is -0.400. The maximum Gasteiger partial charge on any atom is 0.174 e. The van der Waals surface area contributed by atoms with E-state index >= 15 is 0 Å². The monoisotopic (exact) mass is 296 g/mol. The second-order valence-electron chi connectivity index (χ2n) is 4.69. The number of phenolic OH excluding ortho intramolecular Hbond substituents is 1. The van der Waals surface area contributed by atoms with Crippen molar-refractivity contribution in [2.45, 2.75) is 6.42 Å². The standard InChI is InChI=1S/C18H16O4/c1-22-15-10-7-13(8-11-15)6-9-14(19)12-18(21)16-4-2-3-5-17(16)20/h2-11,20H,12H2,1H3. The number of allylic oxidation sites excluding steroid dienone is 1. The number of methoxy groups -OCH3 is 1. The highest BCUT2D eigenvalue weighted by molar-refractivity contribution is 6.13. The predicted octanol–water partition coefficient (Wildman–Crippen LogP) is 3.26. The van der Waals surface area contributed by atoms with Crippen molar-refractivity contribution >= 4 is 17.6 Å². The van der Waals surface area contributed by atoms with E-state index in [1.165, 1.54) is 18.2 Å². The Morgan fingerprint density at radius 1 is 1.09 bits per heavy atom. The van der Waals surface area contributed by atoms with E-state index < -0.39 is 5.78 Å². The van der Waals surface area contributed by atoms with Gasteiger partial charge in [-0.3, -0.25) is 9.59 Å². The molecule has 0 aromatic heterocycles. The number of carbonyl (C=O) groups excluding carboxylic acids is 2. The molecule has 0 spiro atoms. The number of rotatable bonds is 6. The van der Waals surface area contributed by atoms with Crippen molar-refractivity contribution < 1.29 is 19.4 Å². The van der Waals surface area contributed by atoms with Crippen LogP contribution >= 0.6 is 0 Å². The number of hydrogen-bond acceptors (Lipinski definition) is 4. The highest BCUT2D eigenvalue weighted by Gasteiger charge is 2.13. The Morgan fingerprint density at radius 2 is 1.77 bits per heavy atom. The quantitative estimate of drug-likeness (QED) is 0.505. The average molecular weight is 296 g/mol. The van der Waals surface area contributed by atoms with Crippen molar-refractivity contribution in [1.29, 1.82) is 0 Å². The van der Waals surface area contributed by atoms with Crippen LogP contribution in [0.25, 0.3) is 6.08 Å². The van der Waals surface area contributed by atoms with Crippen molar-refractivity contribution in [3.63, 3.8) is 0 Å². The molecule has 4 nitrogen and oxygen atoms in total. The molecule has 112 valence electrons. The number of phenols is 1. The van der Waals surface area contributed by atoms with Gasteiger partial charge in [-0.05, 0) is 35.9 Å². The fraction of sp³-hybridized carbons (Fsp3) is 0.111. The van der Waals surface area contributed by atoms with Crippen LogP contribution in [0.1, 0.15) is 22.3 Å². The lowest BCUT2D eigenvalue weighted by Gasteiger charge is -2.01. The summed E-state index contributed by atoms with van der Waals surface area (Å²) >= 11 is 0. The molecule has 0 aliphatic carbocycles. The third-order valence-corrected chi connectivity index (χ3v) is 3.12. The van der Waals surface area contributed by atoms with Crippen molar-refractivity contribution in [3.05, 3.63) is 65.7 Å². The van der Waals surface area contributed by atoms with Crippen LogP contribution in [0.15, 0.2) is 54.6 Å². The van der Waals surface area contributed by atoms with Crippen LogP contribution in [-0.4, -0.2) is 23.8 Å². The van der Waals surface area contributed by atoms with Crippen molar-refractivity contribution in [2.75, 3.05) is 7.11 Å². The van der Waals surface area contributed by atoms with Gasteiger partial charge in [-0.15, -0.1) is 0 Å². The predicted molar refractivity (Wildman–Crippen MR) is 84.1 cm³/mol. The summed E-state index contributed by atoms with van der Waals surface area (Å²) < 4.78 is 5.05. The maximum absolute atomic E-state index is 11.9. The highest BCUT2D eigenvalue weighted by Crippen LogP contribution is 2.18. The number of hydrogen-bond donors (Lipinski definition) is 1. The fourth-order valence-corrected chi connectivity index (χ4v) is 1.93. The Hall–Kier alpha value is -2.88. The number of carbonyl (C=O) groups is 2. The molecule has 2 aromatic carbocycles. The largest absolute Gasteiger partial charge is 0.507 e. The first kappa shape index (κ1) is 15.5. The van der Waals surface area contributed by atoms with Crippen LogP contribution in [0.2, 0.25) is 0 Å². The van der Waals surface area contributed by atoms with Crippen LogP contribution in [0.4, 0.5) is 0 Å². The number of benzene rings is 2. The summed E-state index contributed by atoms with van der Waals surface area (Å²) in [7, 11) is 1.58. The minimum Gasteiger partial charge on any atom is -0.507 e. The topological polar surface area (TPSA) is 63.6 Å². The Balaban J connectivity index is 1.98. The van der Waals surface area contributed by atoms with E-state index in [1.807, 2.05) is 12.1 Å². The molecule has 0 aliphatic rings. The lowest BCUT2D eigenvalue weighted by molar-refractivity contribution is -0.113. The smallest absolute Gasteiger partial charge is 0.174 e. The Labute approximate surface area is 128 Å². The van der Waals surface area contributed by atoms with Gasteiger partial charge in [0.15, 0.2) is 11.6 Å². The zero-order chi connectivity index (χ0) is 15.9. The summed E-state index contributed by atoms with van der Waals surface area (Å²) in [6.07, 6.45) is 2.73. The van der Waals surface area contributed by atoms with E-state index in [0.717, 1.165) is 11.3 Å². The first-order valence-corrected chi connectivity index (χ1v) is 6.76. The summed E-state index contributed by atoms with van der Waals surface area (Å²) in [5.41, 5.74) is 0.998. The van der Waals surface area contributed by atoms with E-state index in [1.54, 1.807) is 37.5 Å². The van der Waals surface area contributed by atoms with Gasteiger partial charge >= 0.3 is 0 Å². The second-order valence-corrected chi connectivity index (χ2v) is 4.69. The number of Topliss-reactive ketones (excluding diaryl/α,β-unsaturated/α-hetero) is 1. The highest BCUT2D eigenvalue weighted by atomic mass is 16.5. The minimum absolute atomic E-state index is 0.112. The molecule has 0 amide bonds. The molecule has 0 fully saturated rings. The number of ketones is 2. The summed E-state index contributed by atoms with van der Waals surface area (Å²) in [5, 5.41) is 9.59. The number of para-hydroxylation sites is 1. The number of ether oxygens (including phenoxy) is 1. The maximum atomic E-state index is 11.9. The van der Waals surface area contributed by atoms with E-state index in [2.05, 4.69) is 0 Å². The zero-order valence-electron chi connectivity index (χ0n) is 12.2. The van der Waals surface area contributed by atoms with E-state index in [4.69, 9.17) is 4.74 Å². The van der Waals surface area contributed by atoms with Crippen LogP contribution in [-0.2, 0) is 4.79 Å². The molecule has 0 saturated heterocycles. The van der Waals surface area contributed by atoms with Gasteiger partial charge in [-0.2, -0.15) is 0 Å². The molecule has 0 heterocycles. The van der Waals surface area contributed by atoms with Crippen LogP contribution in [0.3, 0.4) is 0 Å². The summed E-state index contributed by atoms with van der Waals surface area (Å²) in [6, 6.07) is 13.4. The van der Waals surface area contributed by atoms with E-state index in [0.29, 0.717) is 0 Å². The Kier molecular flexibility index (Phi) is 5.09. The molecule has 0 aliphatic heterocycles. The first-order valence-electron chi connectivity index (χ1n) is 6.76. The molecule has 0 atom stereocenters. The van der Waals surface area contributed by atoms with Crippen LogP contribution in [0, 0.1) is 0 Å². The SMILES string of the molecule is COc1ccc(C=CC(=O)CC(=O)c2ccccc2O)cc1. The van der Waals surface area contributed by atoms with Crippen LogP contribution < -0.4 is 4.74 Å². The molecule has 4 heteroatoms. The molecule has 0 bridgehead atoms. The van der Waals surface area contributed by atoms with Gasteiger partial charge < -0.3 is 9.84 Å². The lowest BCUT2D eigenvalue weighted by atomic mass is 10.0. The molecule has 2 aromatic rings. The lowest BCUT2D eigenvalue weighted by Crippen LogP contribution is -2.06. The second kappa shape index (κ2) is 7.22. The van der Waals surface area contributed by atoms with Crippen LogP contribution in [0.5, 0.6) is 11.5 Å². The van der Waals surface area contributed by atoms with E-state index in [-0.39, 0.29) is 23.5 Å². The molecule has 0 saturated carbocycles. The normalized spacial score (nSPS) is 10.6. The van der Waals surface area contributed by atoms with Gasteiger partial charge in [0.2, 0.25) is 0 Å². The molecule has 2 rings (SSSR count). The van der Waals surface area contributed by atoms with Gasteiger partial charge in [0.25, 0.3) is 0 Å². The molecular weight excluding hydrogens is 280 g/mol. The summed E-state index contributed by atoms with van der Waals surface area (Å²) in [6.45, 7) is 0. The van der Waals surface area contributed by atoms with Crippen molar-refractivity contribution in [1.82, 2.24) is 0 Å². The van der Waals surface area contributed by atoms with E-state index in [9.17, 15) is 14.7 Å². The summed E-state index contributed by atoms with van der Waals surface area (Å²) in [4.78, 5) is 23.8.